The SMILES string of the molecule is Cc1cc(-c2nc(-c3cnn(C)c3)cn3nccc23)ccc1CN1CCN(C(=O)OC(C)(C)C)CC1=O. The van der Waals surface area contributed by atoms with E-state index in [1.807, 2.05) is 69.9 Å². The molecule has 3 aromatic heterocycles. The molecule has 1 fully saturated rings. The van der Waals surface area contributed by atoms with E-state index in [1.165, 1.54) is 4.90 Å². The predicted molar refractivity (Wildman–Crippen MR) is 139 cm³/mol. The molecule has 4 aromatic rings. The highest BCUT2D eigenvalue weighted by molar-refractivity contribution is 5.84. The first-order chi connectivity index (χ1) is 17.6. The van der Waals surface area contributed by atoms with Crippen LogP contribution in [0.5, 0.6) is 0 Å². The number of piperazine rings is 1. The van der Waals surface area contributed by atoms with Crippen molar-refractivity contribution in [1.82, 2.24) is 34.2 Å². The van der Waals surface area contributed by atoms with Gasteiger partial charge in [-0.1, -0.05) is 12.1 Å². The zero-order chi connectivity index (χ0) is 26.3. The van der Waals surface area contributed by atoms with Gasteiger partial charge < -0.3 is 9.64 Å². The second-order valence-corrected chi connectivity index (χ2v) is 10.4. The van der Waals surface area contributed by atoms with Gasteiger partial charge in [-0.05, 0) is 51.0 Å². The van der Waals surface area contributed by atoms with Gasteiger partial charge in [-0.3, -0.25) is 14.4 Å². The molecular formula is C27H31N7O3. The number of carbonyl (C=O) groups is 2. The van der Waals surface area contributed by atoms with E-state index in [0.717, 1.165) is 39.2 Å². The molecule has 0 spiro atoms. The number of benzene rings is 1. The highest BCUT2D eigenvalue weighted by atomic mass is 16.6. The summed E-state index contributed by atoms with van der Waals surface area (Å²) in [6.07, 6.45) is 6.93. The Bertz CT molecular complexity index is 1480. The van der Waals surface area contributed by atoms with E-state index in [0.29, 0.717) is 19.6 Å². The molecule has 4 heterocycles. The molecule has 0 radical (unpaired) electrons. The van der Waals surface area contributed by atoms with Crippen LogP contribution in [0.3, 0.4) is 0 Å². The Kier molecular flexibility index (Phi) is 6.18. The zero-order valence-electron chi connectivity index (χ0n) is 21.8. The van der Waals surface area contributed by atoms with Crippen molar-refractivity contribution in [3.8, 4) is 22.5 Å². The molecule has 0 saturated carbocycles. The molecular weight excluding hydrogens is 470 g/mol. The number of hydrogen-bond donors (Lipinski definition) is 0. The Hall–Kier alpha value is -4.21. The number of amides is 2. The molecule has 1 saturated heterocycles. The molecule has 1 aliphatic heterocycles. The number of ether oxygens (including phenoxy) is 1. The number of fused-ring (bicyclic) bond motifs is 1. The lowest BCUT2D eigenvalue weighted by atomic mass is 10.0. The molecule has 1 aliphatic rings. The van der Waals surface area contributed by atoms with Gasteiger partial charge in [-0.15, -0.1) is 0 Å². The van der Waals surface area contributed by atoms with Crippen LogP contribution < -0.4 is 0 Å². The maximum atomic E-state index is 12.8. The van der Waals surface area contributed by atoms with Crippen LogP contribution >= 0.6 is 0 Å². The van der Waals surface area contributed by atoms with Crippen molar-refractivity contribution in [1.29, 1.82) is 0 Å². The van der Waals surface area contributed by atoms with E-state index < -0.39 is 11.7 Å². The van der Waals surface area contributed by atoms with Crippen molar-refractivity contribution in [2.75, 3.05) is 19.6 Å². The van der Waals surface area contributed by atoms with Crippen molar-refractivity contribution in [3.63, 3.8) is 0 Å². The van der Waals surface area contributed by atoms with Crippen LogP contribution in [0.25, 0.3) is 28.0 Å². The van der Waals surface area contributed by atoms with E-state index in [-0.39, 0.29) is 12.5 Å². The smallest absolute Gasteiger partial charge is 0.410 e. The number of hydrogen-bond acceptors (Lipinski definition) is 6. The second-order valence-electron chi connectivity index (χ2n) is 10.4. The molecule has 0 unspecified atom stereocenters. The fraction of sp³-hybridized carbons (Fsp3) is 0.370. The molecule has 37 heavy (non-hydrogen) atoms. The van der Waals surface area contributed by atoms with E-state index in [9.17, 15) is 9.59 Å². The number of carbonyl (C=O) groups excluding carboxylic acids is 2. The fourth-order valence-electron chi connectivity index (χ4n) is 4.42. The summed E-state index contributed by atoms with van der Waals surface area (Å²) in [5.41, 5.74) is 5.93. The van der Waals surface area contributed by atoms with Crippen LogP contribution in [0.15, 0.2) is 49.1 Å². The third-order valence-corrected chi connectivity index (χ3v) is 6.34. The maximum Gasteiger partial charge on any atom is 0.410 e. The lowest BCUT2D eigenvalue weighted by Crippen LogP contribution is -2.52. The Morgan fingerprint density at radius 2 is 1.89 bits per heavy atom. The third kappa shape index (κ3) is 5.18. The Morgan fingerprint density at radius 1 is 1.08 bits per heavy atom. The molecule has 1 aromatic carbocycles. The van der Waals surface area contributed by atoms with Crippen molar-refractivity contribution in [3.05, 3.63) is 60.2 Å². The van der Waals surface area contributed by atoms with Gasteiger partial charge in [0.1, 0.15) is 12.1 Å². The number of aromatic nitrogens is 5. The molecule has 0 N–H and O–H groups in total. The molecule has 192 valence electrons. The van der Waals surface area contributed by atoms with Gasteiger partial charge in [-0.25, -0.2) is 14.3 Å². The summed E-state index contributed by atoms with van der Waals surface area (Å²) in [5.74, 6) is -0.0904. The van der Waals surface area contributed by atoms with E-state index in [2.05, 4.69) is 16.3 Å². The summed E-state index contributed by atoms with van der Waals surface area (Å²) in [6.45, 7) is 8.91. The van der Waals surface area contributed by atoms with Crippen molar-refractivity contribution >= 4 is 17.5 Å². The monoisotopic (exact) mass is 501 g/mol. The van der Waals surface area contributed by atoms with Gasteiger partial charge in [0, 0.05) is 44.0 Å². The van der Waals surface area contributed by atoms with Crippen LogP contribution in [-0.2, 0) is 23.1 Å². The van der Waals surface area contributed by atoms with Crippen LogP contribution in [0.2, 0.25) is 0 Å². The topological polar surface area (TPSA) is 97.9 Å². The first-order valence-corrected chi connectivity index (χ1v) is 12.3. The maximum absolute atomic E-state index is 12.8. The van der Waals surface area contributed by atoms with E-state index in [1.54, 1.807) is 22.0 Å². The minimum atomic E-state index is -0.592. The van der Waals surface area contributed by atoms with E-state index >= 15 is 0 Å². The number of nitrogens with zero attached hydrogens (tertiary/aromatic N) is 7. The summed E-state index contributed by atoms with van der Waals surface area (Å²) in [7, 11) is 1.88. The summed E-state index contributed by atoms with van der Waals surface area (Å²) in [6, 6.07) is 8.12. The first kappa shape index (κ1) is 24.5. The highest BCUT2D eigenvalue weighted by Crippen LogP contribution is 2.28. The largest absolute Gasteiger partial charge is 0.444 e. The Morgan fingerprint density at radius 3 is 2.57 bits per heavy atom. The molecule has 5 rings (SSSR count). The van der Waals surface area contributed by atoms with Gasteiger partial charge in [0.25, 0.3) is 0 Å². The van der Waals surface area contributed by atoms with Crippen LogP contribution in [-0.4, -0.2) is 71.4 Å². The Balaban J connectivity index is 1.35. The van der Waals surface area contributed by atoms with E-state index in [4.69, 9.17) is 9.72 Å². The molecule has 10 nitrogen and oxygen atoms in total. The van der Waals surface area contributed by atoms with Gasteiger partial charge in [0.05, 0.1) is 35.5 Å². The minimum Gasteiger partial charge on any atom is -0.444 e. The summed E-state index contributed by atoms with van der Waals surface area (Å²) in [5, 5.41) is 8.70. The minimum absolute atomic E-state index is 0.0241. The zero-order valence-corrected chi connectivity index (χ0v) is 21.8. The average molecular weight is 502 g/mol. The summed E-state index contributed by atoms with van der Waals surface area (Å²) < 4.78 is 8.99. The van der Waals surface area contributed by atoms with Crippen LogP contribution in [0.1, 0.15) is 31.9 Å². The second kappa shape index (κ2) is 9.34. The van der Waals surface area contributed by atoms with Crippen molar-refractivity contribution in [2.45, 2.75) is 39.8 Å². The molecule has 0 bridgehead atoms. The summed E-state index contributed by atoms with van der Waals surface area (Å²) >= 11 is 0. The lowest BCUT2D eigenvalue weighted by molar-refractivity contribution is -0.136. The third-order valence-electron chi connectivity index (χ3n) is 6.34. The average Bonchev–Trinajstić information content (AvgIpc) is 3.48. The molecule has 10 heteroatoms. The van der Waals surface area contributed by atoms with Crippen molar-refractivity contribution < 1.29 is 14.3 Å². The fourth-order valence-corrected chi connectivity index (χ4v) is 4.42. The van der Waals surface area contributed by atoms with Crippen LogP contribution in [0.4, 0.5) is 4.79 Å². The van der Waals surface area contributed by atoms with Gasteiger partial charge in [0.15, 0.2) is 0 Å². The van der Waals surface area contributed by atoms with Gasteiger partial charge >= 0.3 is 6.09 Å². The number of rotatable bonds is 4. The van der Waals surface area contributed by atoms with Gasteiger partial charge in [-0.2, -0.15) is 10.2 Å². The quantitative estimate of drug-likeness (QED) is 0.423. The standard InChI is InChI=1S/C27H31N7O3/c1-18-12-19(25-23-8-9-28-34(23)16-22(30-25)21-13-29-31(5)14-21)6-7-20(18)15-32-10-11-33(17-24(32)35)26(36)37-27(2,3)4/h6-9,12-14,16H,10-11,15,17H2,1-5H3. The molecule has 0 aliphatic carbocycles. The Labute approximate surface area is 215 Å². The van der Waals surface area contributed by atoms with Gasteiger partial charge in [0.2, 0.25) is 5.91 Å². The summed E-state index contributed by atoms with van der Waals surface area (Å²) in [4.78, 5) is 33.4. The first-order valence-electron chi connectivity index (χ1n) is 12.3. The predicted octanol–water partition coefficient (Wildman–Crippen LogP) is 3.68. The lowest BCUT2D eigenvalue weighted by Gasteiger charge is -2.35. The highest BCUT2D eigenvalue weighted by Gasteiger charge is 2.30. The normalized spacial score (nSPS) is 14.5. The molecule has 0 atom stereocenters. The molecule has 2 amide bonds. The van der Waals surface area contributed by atoms with Crippen molar-refractivity contribution in [2.24, 2.45) is 7.05 Å². The number of aryl methyl sites for hydroxylation is 2. The van der Waals surface area contributed by atoms with Crippen LogP contribution in [0, 0.1) is 6.92 Å².